The highest BCUT2D eigenvalue weighted by molar-refractivity contribution is 5.51. The van der Waals surface area contributed by atoms with Crippen molar-refractivity contribution in [2.75, 3.05) is 12.0 Å². The SMILES string of the molecule is Cc1ccc(-n2c3c(c(=O)[nH]c2=O)C[NH+](Cc2ccccc2)CN3)cc1. The van der Waals surface area contributed by atoms with E-state index in [9.17, 15) is 9.59 Å². The van der Waals surface area contributed by atoms with Crippen molar-refractivity contribution in [3.05, 3.63) is 92.1 Å². The standard InChI is InChI=1S/C20H20N4O2/c1-14-7-9-16(10-8-14)24-18-17(19(25)22-20(24)26)12-23(13-21-18)11-15-5-3-2-4-6-15/h2-10,21H,11-13H2,1H3,(H,22,25,26)/p+1. The van der Waals surface area contributed by atoms with Gasteiger partial charge < -0.3 is 10.2 Å². The second-order valence-corrected chi connectivity index (χ2v) is 6.70. The van der Waals surface area contributed by atoms with E-state index in [1.165, 1.54) is 10.5 Å². The first-order valence-corrected chi connectivity index (χ1v) is 8.68. The molecule has 26 heavy (non-hydrogen) atoms. The number of quaternary nitrogens is 1. The highest BCUT2D eigenvalue weighted by atomic mass is 16.2. The zero-order valence-electron chi connectivity index (χ0n) is 14.6. The normalized spacial score (nSPS) is 16.0. The number of nitrogens with zero attached hydrogens (tertiary/aromatic N) is 1. The van der Waals surface area contributed by atoms with Crippen LogP contribution in [0.15, 0.2) is 64.2 Å². The Labute approximate surface area is 150 Å². The predicted octanol–water partition coefficient (Wildman–Crippen LogP) is 0.802. The molecular weight excluding hydrogens is 328 g/mol. The lowest BCUT2D eigenvalue weighted by molar-refractivity contribution is -0.926. The Bertz CT molecular complexity index is 1040. The number of fused-ring (bicyclic) bond motifs is 1. The largest absolute Gasteiger partial charge is 0.334 e. The lowest BCUT2D eigenvalue weighted by atomic mass is 10.1. The van der Waals surface area contributed by atoms with Crippen molar-refractivity contribution in [1.29, 1.82) is 0 Å². The summed E-state index contributed by atoms with van der Waals surface area (Å²) in [6.07, 6.45) is 0. The number of aryl methyl sites for hydroxylation is 1. The van der Waals surface area contributed by atoms with E-state index in [2.05, 4.69) is 22.4 Å². The third-order valence-electron chi connectivity index (χ3n) is 4.73. The summed E-state index contributed by atoms with van der Waals surface area (Å²) < 4.78 is 1.55. The number of rotatable bonds is 3. The van der Waals surface area contributed by atoms with Crippen LogP contribution in [0.5, 0.6) is 0 Å². The average Bonchev–Trinajstić information content (AvgIpc) is 2.64. The molecule has 0 bridgehead atoms. The van der Waals surface area contributed by atoms with E-state index < -0.39 is 5.69 Å². The Hall–Kier alpha value is -3.12. The Morgan fingerprint density at radius 3 is 2.50 bits per heavy atom. The molecule has 3 aromatic rings. The maximum atomic E-state index is 12.4. The molecule has 6 heteroatoms. The van der Waals surface area contributed by atoms with E-state index >= 15 is 0 Å². The van der Waals surface area contributed by atoms with Crippen molar-refractivity contribution in [3.63, 3.8) is 0 Å². The fourth-order valence-electron chi connectivity index (χ4n) is 3.39. The summed E-state index contributed by atoms with van der Waals surface area (Å²) >= 11 is 0. The van der Waals surface area contributed by atoms with Crippen LogP contribution in [0.1, 0.15) is 16.7 Å². The van der Waals surface area contributed by atoms with Crippen molar-refractivity contribution in [2.24, 2.45) is 0 Å². The van der Waals surface area contributed by atoms with Gasteiger partial charge in [-0.15, -0.1) is 0 Å². The summed E-state index contributed by atoms with van der Waals surface area (Å²) in [5, 5.41) is 3.30. The van der Waals surface area contributed by atoms with Gasteiger partial charge in [0.2, 0.25) is 0 Å². The smallest absolute Gasteiger partial charge is 0.324 e. The number of anilines is 1. The molecule has 2 aromatic carbocycles. The molecule has 1 aliphatic heterocycles. The second kappa shape index (κ2) is 6.65. The number of hydrogen-bond donors (Lipinski definition) is 3. The topological polar surface area (TPSA) is 71.3 Å². The van der Waals surface area contributed by atoms with Crippen molar-refractivity contribution >= 4 is 5.82 Å². The van der Waals surface area contributed by atoms with Gasteiger partial charge in [-0.3, -0.25) is 9.78 Å². The quantitative estimate of drug-likeness (QED) is 0.655. The summed E-state index contributed by atoms with van der Waals surface area (Å²) in [4.78, 5) is 28.5. The van der Waals surface area contributed by atoms with E-state index in [-0.39, 0.29) is 5.56 Å². The molecule has 0 fully saturated rings. The summed E-state index contributed by atoms with van der Waals surface area (Å²) in [6, 6.07) is 17.9. The molecule has 1 unspecified atom stereocenters. The third-order valence-corrected chi connectivity index (χ3v) is 4.73. The number of H-pyrrole nitrogens is 1. The van der Waals surface area contributed by atoms with Gasteiger partial charge in [0.15, 0.2) is 6.67 Å². The molecule has 0 aliphatic carbocycles. The van der Waals surface area contributed by atoms with Gasteiger partial charge in [0.1, 0.15) is 24.5 Å². The minimum absolute atomic E-state index is 0.314. The van der Waals surface area contributed by atoms with E-state index in [1.54, 1.807) is 4.57 Å². The van der Waals surface area contributed by atoms with Gasteiger partial charge in [0.05, 0.1) is 5.69 Å². The average molecular weight is 349 g/mol. The van der Waals surface area contributed by atoms with Crippen molar-refractivity contribution in [2.45, 2.75) is 20.0 Å². The lowest BCUT2D eigenvalue weighted by Crippen LogP contribution is -3.11. The number of hydrogen-bond acceptors (Lipinski definition) is 3. The monoisotopic (exact) mass is 349 g/mol. The van der Waals surface area contributed by atoms with E-state index in [4.69, 9.17) is 0 Å². The Balaban J connectivity index is 1.71. The molecule has 0 spiro atoms. The van der Waals surface area contributed by atoms with E-state index in [0.717, 1.165) is 17.8 Å². The van der Waals surface area contributed by atoms with Crippen molar-refractivity contribution < 1.29 is 4.90 Å². The van der Waals surface area contributed by atoms with Crippen LogP contribution in [0.25, 0.3) is 5.69 Å². The molecule has 0 saturated heterocycles. The highest BCUT2D eigenvalue weighted by Crippen LogP contribution is 2.17. The summed E-state index contributed by atoms with van der Waals surface area (Å²) in [5.74, 6) is 0.597. The summed E-state index contributed by atoms with van der Waals surface area (Å²) in [7, 11) is 0. The molecule has 1 atom stereocenters. The molecule has 0 radical (unpaired) electrons. The minimum Gasteiger partial charge on any atom is -0.324 e. The molecule has 1 aromatic heterocycles. The molecule has 1 aliphatic rings. The van der Waals surface area contributed by atoms with Crippen LogP contribution in [-0.4, -0.2) is 16.2 Å². The van der Waals surface area contributed by atoms with Gasteiger partial charge in [0.25, 0.3) is 5.56 Å². The lowest BCUT2D eigenvalue weighted by Gasteiger charge is -2.28. The number of aromatic nitrogens is 2. The summed E-state index contributed by atoms with van der Waals surface area (Å²) in [5.41, 5.74) is 2.96. The van der Waals surface area contributed by atoms with Gasteiger partial charge >= 0.3 is 5.69 Å². The van der Waals surface area contributed by atoms with Gasteiger partial charge in [0, 0.05) is 5.56 Å². The number of benzene rings is 2. The fraction of sp³-hybridized carbons (Fsp3) is 0.200. The summed E-state index contributed by atoms with van der Waals surface area (Å²) in [6.45, 7) is 4.03. The second-order valence-electron chi connectivity index (χ2n) is 6.70. The Morgan fingerprint density at radius 2 is 1.77 bits per heavy atom. The molecule has 3 N–H and O–H groups in total. The molecule has 0 amide bonds. The Morgan fingerprint density at radius 1 is 1.04 bits per heavy atom. The van der Waals surface area contributed by atoms with E-state index in [0.29, 0.717) is 24.6 Å². The van der Waals surface area contributed by atoms with Crippen LogP contribution in [0.3, 0.4) is 0 Å². The molecule has 2 heterocycles. The maximum absolute atomic E-state index is 12.4. The maximum Gasteiger partial charge on any atom is 0.334 e. The van der Waals surface area contributed by atoms with Gasteiger partial charge in [-0.25, -0.2) is 9.36 Å². The van der Waals surface area contributed by atoms with Gasteiger partial charge in [-0.05, 0) is 19.1 Å². The minimum atomic E-state index is -0.420. The first-order valence-electron chi connectivity index (χ1n) is 8.68. The number of aromatic amines is 1. The van der Waals surface area contributed by atoms with Crippen LogP contribution in [-0.2, 0) is 13.1 Å². The zero-order valence-corrected chi connectivity index (χ0v) is 14.6. The van der Waals surface area contributed by atoms with Crippen LogP contribution < -0.4 is 21.5 Å². The van der Waals surface area contributed by atoms with Crippen molar-refractivity contribution in [1.82, 2.24) is 9.55 Å². The highest BCUT2D eigenvalue weighted by Gasteiger charge is 2.26. The van der Waals surface area contributed by atoms with E-state index in [1.807, 2.05) is 49.4 Å². The molecule has 0 saturated carbocycles. The Kier molecular flexibility index (Phi) is 4.18. The van der Waals surface area contributed by atoms with Crippen LogP contribution >= 0.6 is 0 Å². The molecule has 132 valence electrons. The molecular formula is C20H21N4O2+. The van der Waals surface area contributed by atoms with Gasteiger partial charge in [-0.2, -0.15) is 0 Å². The zero-order chi connectivity index (χ0) is 18.1. The van der Waals surface area contributed by atoms with Crippen LogP contribution in [0.2, 0.25) is 0 Å². The van der Waals surface area contributed by atoms with Gasteiger partial charge in [-0.1, -0.05) is 48.0 Å². The van der Waals surface area contributed by atoms with Crippen LogP contribution in [0, 0.1) is 6.92 Å². The van der Waals surface area contributed by atoms with Crippen molar-refractivity contribution in [3.8, 4) is 5.69 Å². The first-order chi connectivity index (χ1) is 12.6. The molecule has 6 nitrogen and oxygen atoms in total. The fourth-order valence-corrected chi connectivity index (χ4v) is 3.39. The first kappa shape index (κ1) is 16.4. The number of nitrogens with one attached hydrogen (secondary N) is 3. The van der Waals surface area contributed by atoms with Crippen LogP contribution in [0.4, 0.5) is 5.82 Å². The third kappa shape index (κ3) is 3.07. The molecule has 4 rings (SSSR count). The predicted molar refractivity (Wildman–Crippen MR) is 101 cm³/mol.